The normalized spacial score (nSPS) is 15.1. The molecule has 1 saturated carbocycles. The van der Waals surface area contributed by atoms with Gasteiger partial charge in [0.1, 0.15) is 0 Å². The maximum Gasteiger partial charge on any atom is 0.0368 e. The summed E-state index contributed by atoms with van der Waals surface area (Å²) in [4.78, 5) is 2.57. The molecule has 1 aliphatic rings. The van der Waals surface area contributed by atoms with Gasteiger partial charge in [-0.05, 0) is 37.0 Å². The molecule has 0 spiro atoms. The van der Waals surface area contributed by atoms with Crippen molar-refractivity contribution in [2.45, 2.75) is 58.7 Å². The Labute approximate surface area is 111 Å². The molecule has 0 aliphatic heterocycles. The van der Waals surface area contributed by atoms with E-state index in [1.54, 1.807) is 0 Å². The summed E-state index contributed by atoms with van der Waals surface area (Å²) in [6.45, 7) is 8.79. The number of nitrogens with one attached hydrogen (secondary N) is 1. The van der Waals surface area contributed by atoms with E-state index in [1.165, 1.54) is 37.1 Å². The monoisotopic (exact) mass is 246 g/mol. The van der Waals surface area contributed by atoms with Crippen LogP contribution in [0.25, 0.3) is 0 Å². The van der Waals surface area contributed by atoms with Crippen LogP contribution in [0.3, 0.4) is 0 Å². The molecule has 0 radical (unpaired) electrons. The van der Waals surface area contributed by atoms with E-state index in [9.17, 15) is 0 Å². The number of rotatable bonds is 7. The molecule has 0 saturated heterocycles. The SMILES string of the molecule is CCCN(c1ccc(CNC(C)C)cc1)C1CC1. The molecule has 0 amide bonds. The van der Waals surface area contributed by atoms with Crippen molar-refractivity contribution in [3.05, 3.63) is 29.8 Å². The van der Waals surface area contributed by atoms with Crippen LogP contribution in [-0.2, 0) is 6.54 Å². The molecule has 1 aliphatic carbocycles. The van der Waals surface area contributed by atoms with Crippen molar-refractivity contribution in [3.8, 4) is 0 Å². The molecular formula is C16H26N2. The van der Waals surface area contributed by atoms with Gasteiger partial charge in [-0.1, -0.05) is 32.9 Å². The Morgan fingerprint density at radius 1 is 1.22 bits per heavy atom. The first-order valence-corrected chi connectivity index (χ1v) is 7.29. The Bertz CT molecular complexity index is 352. The highest BCUT2D eigenvalue weighted by molar-refractivity contribution is 5.49. The van der Waals surface area contributed by atoms with Crippen LogP contribution >= 0.6 is 0 Å². The van der Waals surface area contributed by atoms with E-state index in [0.29, 0.717) is 6.04 Å². The molecule has 0 heterocycles. The van der Waals surface area contributed by atoms with Crippen LogP contribution in [-0.4, -0.2) is 18.6 Å². The second-order valence-electron chi connectivity index (χ2n) is 5.63. The topological polar surface area (TPSA) is 15.3 Å². The lowest BCUT2D eigenvalue weighted by molar-refractivity contribution is 0.589. The van der Waals surface area contributed by atoms with E-state index < -0.39 is 0 Å². The first-order valence-electron chi connectivity index (χ1n) is 7.29. The molecule has 0 bridgehead atoms. The first-order chi connectivity index (χ1) is 8.70. The predicted octanol–water partition coefficient (Wildman–Crippen LogP) is 3.56. The van der Waals surface area contributed by atoms with Gasteiger partial charge in [0.15, 0.2) is 0 Å². The molecule has 100 valence electrons. The van der Waals surface area contributed by atoms with Gasteiger partial charge < -0.3 is 10.2 Å². The van der Waals surface area contributed by atoms with E-state index in [-0.39, 0.29) is 0 Å². The molecular weight excluding hydrogens is 220 g/mol. The molecule has 2 nitrogen and oxygen atoms in total. The smallest absolute Gasteiger partial charge is 0.0368 e. The van der Waals surface area contributed by atoms with Crippen LogP contribution in [0.2, 0.25) is 0 Å². The molecule has 1 N–H and O–H groups in total. The van der Waals surface area contributed by atoms with Crippen molar-refractivity contribution >= 4 is 5.69 Å². The second-order valence-corrected chi connectivity index (χ2v) is 5.63. The van der Waals surface area contributed by atoms with Crippen molar-refractivity contribution in [1.82, 2.24) is 5.32 Å². The van der Waals surface area contributed by atoms with Crippen LogP contribution < -0.4 is 10.2 Å². The number of hydrogen-bond donors (Lipinski definition) is 1. The third kappa shape index (κ3) is 3.74. The quantitative estimate of drug-likeness (QED) is 0.791. The fourth-order valence-corrected chi connectivity index (χ4v) is 2.28. The zero-order valence-corrected chi connectivity index (χ0v) is 11.9. The van der Waals surface area contributed by atoms with Crippen LogP contribution in [0.15, 0.2) is 24.3 Å². The minimum atomic E-state index is 0.549. The molecule has 0 unspecified atom stereocenters. The summed E-state index contributed by atoms with van der Waals surface area (Å²) in [5, 5.41) is 3.46. The molecule has 18 heavy (non-hydrogen) atoms. The maximum absolute atomic E-state index is 3.46. The first kappa shape index (κ1) is 13.4. The van der Waals surface area contributed by atoms with Gasteiger partial charge in [0.05, 0.1) is 0 Å². The zero-order chi connectivity index (χ0) is 13.0. The number of anilines is 1. The Morgan fingerprint density at radius 2 is 1.89 bits per heavy atom. The molecule has 1 aromatic rings. The Hall–Kier alpha value is -1.02. The minimum absolute atomic E-state index is 0.549. The predicted molar refractivity (Wildman–Crippen MR) is 79.1 cm³/mol. The lowest BCUT2D eigenvalue weighted by Crippen LogP contribution is -2.26. The van der Waals surface area contributed by atoms with E-state index in [2.05, 4.69) is 55.3 Å². The largest absolute Gasteiger partial charge is 0.369 e. The average Bonchev–Trinajstić information content (AvgIpc) is 3.18. The van der Waals surface area contributed by atoms with Crippen molar-refractivity contribution in [1.29, 1.82) is 0 Å². The summed E-state index contributed by atoms with van der Waals surface area (Å²) in [5.41, 5.74) is 2.77. The number of hydrogen-bond acceptors (Lipinski definition) is 2. The van der Waals surface area contributed by atoms with E-state index in [1.807, 2.05) is 0 Å². The summed E-state index contributed by atoms with van der Waals surface area (Å²) in [6, 6.07) is 10.4. The number of benzene rings is 1. The van der Waals surface area contributed by atoms with Crippen LogP contribution in [0.4, 0.5) is 5.69 Å². The summed E-state index contributed by atoms with van der Waals surface area (Å²) >= 11 is 0. The summed E-state index contributed by atoms with van der Waals surface area (Å²) in [6.07, 6.45) is 3.97. The van der Waals surface area contributed by atoms with Gasteiger partial charge in [0, 0.05) is 30.9 Å². The van der Waals surface area contributed by atoms with Gasteiger partial charge in [0.2, 0.25) is 0 Å². The fourth-order valence-electron chi connectivity index (χ4n) is 2.28. The van der Waals surface area contributed by atoms with Gasteiger partial charge in [-0.2, -0.15) is 0 Å². The molecule has 2 heteroatoms. The molecule has 2 rings (SSSR count). The Morgan fingerprint density at radius 3 is 2.39 bits per heavy atom. The molecule has 1 fully saturated rings. The van der Waals surface area contributed by atoms with E-state index >= 15 is 0 Å². The van der Waals surface area contributed by atoms with Gasteiger partial charge in [-0.3, -0.25) is 0 Å². The zero-order valence-electron chi connectivity index (χ0n) is 11.9. The highest BCUT2D eigenvalue weighted by Gasteiger charge is 2.28. The standard InChI is InChI=1S/C16H26N2/c1-4-11-18(16-9-10-16)15-7-5-14(6-8-15)12-17-13(2)3/h5-8,13,16-17H,4,9-12H2,1-3H3. The third-order valence-corrected chi connectivity index (χ3v) is 3.43. The van der Waals surface area contributed by atoms with E-state index in [4.69, 9.17) is 0 Å². The van der Waals surface area contributed by atoms with Crippen LogP contribution in [0.1, 0.15) is 45.6 Å². The second kappa shape index (κ2) is 6.24. The van der Waals surface area contributed by atoms with Crippen LogP contribution in [0.5, 0.6) is 0 Å². The highest BCUT2D eigenvalue weighted by atomic mass is 15.2. The van der Waals surface area contributed by atoms with Crippen molar-refractivity contribution in [3.63, 3.8) is 0 Å². The van der Waals surface area contributed by atoms with Gasteiger partial charge in [-0.25, -0.2) is 0 Å². The Balaban J connectivity index is 1.96. The molecule has 1 aromatic carbocycles. The lowest BCUT2D eigenvalue weighted by Gasteiger charge is -2.24. The highest BCUT2D eigenvalue weighted by Crippen LogP contribution is 2.31. The minimum Gasteiger partial charge on any atom is -0.369 e. The maximum atomic E-state index is 3.46. The third-order valence-electron chi connectivity index (χ3n) is 3.43. The lowest BCUT2D eigenvalue weighted by atomic mass is 10.1. The average molecular weight is 246 g/mol. The summed E-state index contributed by atoms with van der Waals surface area (Å²) < 4.78 is 0. The summed E-state index contributed by atoms with van der Waals surface area (Å²) in [5.74, 6) is 0. The summed E-state index contributed by atoms with van der Waals surface area (Å²) in [7, 11) is 0. The number of nitrogens with zero attached hydrogens (tertiary/aromatic N) is 1. The molecule has 0 aromatic heterocycles. The van der Waals surface area contributed by atoms with Crippen LogP contribution in [0, 0.1) is 0 Å². The van der Waals surface area contributed by atoms with Gasteiger partial charge in [-0.15, -0.1) is 0 Å². The van der Waals surface area contributed by atoms with Gasteiger partial charge in [0.25, 0.3) is 0 Å². The van der Waals surface area contributed by atoms with Crippen molar-refractivity contribution < 1.29 is 0 Å². The van der Waals surface area contributed by atoms with Crippen molar-refractivity contribution in [2.75, 3.05) is 11.4 Å². The van der Waals surface area contributed by atoms with Gasteiger partial charge >= 0.3 is 0 Å². The Kier molecular flexibility index (Phi) is 4.65. The van der Waals surface area contributed by atoms with Crippen molar-refractivity contribution in [2.24, 2.45) is 0 Å². The van der Waals surface area contributed by atoms with E-state index in [0.717, 1.165) is 12.6 Å². The molecule has 0 atom stereocenters. The fraction of sp³-hybridized carbons (Fsp3) is 0.625.